The van der Waals surface area contributed by atoms with Gasteiger partial charge in [-0.1, -0.05) is 62.9 Å². The molecule has 0 spiro atoms. The van der Waals surface area contributed by atoms with E-state index in [9.17, 15) is 4.79 Å². The topological polar surface area (TPSA) is 34.9 Å². The molecule has 0 bridgehead atoms. The van der Waals surface area contributed by atoms with Gasteiger partial charge in [0.1, 0.15) is 4.83 Å². The summed E-state index contributed by atoms with van der Waals surface area (Å²) in [6.45, 7) is 0.190. The van der Waals surface area contributed by atoms with E-state index < -0.39 is 0 Å². The molecule has 0 saturated heterocycles. The molecule has 0 amide bonds. The van der Waals surface area contributed by atoms with Gasteiger partial charge in [-0.2, -0.15) is 0 Å². The first kappa shape index (κ1) is 19.0. The molecule has 0 aliphatic carbocycles. The van der Waals surface area contributed by atoms with E-state index in [2.05, 4.69) is 20.9 Å². The van der Waals surface area contributed by atoms with E-state index in [0.717, 1.165) is 15.6 Å². The van der Waals surface area contributed by atoms with Crippen molar-refractivity contribution in [1.82, 2.24) is 9.55 Å². The Hall–Kier alpha value is -1.37. The van der Waals surface area contributed by atoms with Crippen molar-refractivity contribution in [2.24, 2.45) is 0 Å². The number of halogens is 4. The van der Waals surface area contributed by atoms with E-state index in [4.69, 9.17) is 34.8 Å². The fraction of sp³-hybridized carbons (Fsp3) is 0.0526. The molecule has 0 radical (unpaired) electrons. The lowest BCUT2D eigenvalue weighted by Gasteiger charge is -2.11. The third kappa shape index (κ3) is 3.55. The van der Waals surface area contributed by atoms with Gasteiger partial charge in [0.05, 0.1) is 28.3 Å². The van der Waals surface area contributed by atoms with Crippen LogP contribution in [-0.4, -0.2) is 9.55 Å². The molecule has 0 aliphatic heterocycles. The van der Waals surface area contributed by atoms with Gasteiger partial charge in [0.25, 0.3) is 5.56 Å². The largest absolute Gasteiger partial charge is 0.294 e. The van der Waals surface area contributed by atoms with Gasteiger partial charge in [0.15, 0.2) is 0 Å². The average Bonchev–Trinajstić information content (AvgIpc) is 3.09. The molecule has 4 rings (SSSR count). The zero-order valence-corrected chi connectivity index (χ0v) is 18.2. The first-order valence-electron chi connectivity index (χ1n) is 7.80. The van der Waals surface area contributed by atoms with Gasteiger partial charge >= 0.3 is 0 Å². The molecule has 0 unspecified atom stereocenters. The molecule has 136 valence electrons. The Labute approximate surface area is 182 Å². The summed E-state index contributed by atoms with van der Waals surface area (Å²) in [5.41, 5.74) is 2.26. The number of aromatic nitrogens is 2. The Balaban J connectivity index is 1.86. The maximum absolute atomic E-state index is 13.2. The summed E-state index contributed by atoms with van der Waals surface area (Å²) in [4.78, 5) is 18.3. The second-order valence-corrected chi connectivity index (χ2v) is 8.80. The Bertz CT molecular complexity index is 1220. The highest BCUT2D eigenvalue weighted by atomic mass is 79.9. The van der Waals surface area contributed by atoms with Crippen molar-refractivity contribution in [3.8, 4) is 11.1 Å². The van der Waals surface area contributed by atoms with E-state index in [1.165, 1.54) is 22.2 Å². The minimum atomic E-state index is -0.147. The molecule has 0 aliphatic rings. The van der Waals surface area contributed by atoms with Crippen LogP contribution in [0.15, 0.2) is 57.4 Å². The number of hydrogen-bond donors (Lipinski definition) is 0. The molecule has 4 aromatic rings. The molecule has 2 aromatic heterocycles. The monoisotopic (exact) mass is 498 g/mol. The van der Waals surface area contributed by atoms with Crippen molar-refractivity contribution in [2.45, 2.75) is 6.54 Å². The van der Waals surface area contributed by atoms with Gasteiger partial charge in [-0.25, -0.2) is 4.98 Å². The Morgan fingerprint density at radius 2 is 1.74 bits per heavy atom. The van der Waals surface area contributed by atoms with Crippen molar-refractivity contribution in [2.75, 3.05) is 0 Å². The summed E-state index contributed by atoms with van der Waals surface area (Å²) in [7, 11) is 0. The van der Waals surface area contributed by atoms with E-state index in [0.29, 0.717) is 30.8 Å². The summed E-state index contributed by atoms with van der Waals surface area (Å²) in [5, 5.41) is 3.72. The van der Waals surface area contributed by atoms with Gasteiger partial charge < -0.3 is 0 Å². The second kappa shape index (κ2) is 7.57. The highest BCUT2D eigenvalue weighted by Crippen LogP contribution is 2.33. The zero-order chi connectivity index (χ0) is 19.1. The molecule has 0 fully saturated rings. The van der Waals surface area contributed by atoms with Crippen LogP contribution in [0.25, 0.3) is 21.3 Å². The highest BCUT2D eigenvalue weighted by Gasteiger charge is 2.16. The van der Waals surface area contributed by atoms with E-state index in [1.807, 2.05) is 29.6 Å². The number of benzene rings is 2. The fourth-order valence-electron chi connectivity index (χ4n) is 2.81. The van der Waals surface area contributed by atoms with Crippen molar-refractivity contribution in [3.63, 3.8) is 0 Å². The Morgan fingerprint density at radius 3 is 2.48 bits per heavy atom. The lowest BCUT2D eigenvalue weighted by molar-refractivity contribution is 0.750. The minimum absolute atomic E-state index is 0.147. The maximum atomic E-state index is 13.2. The quantitative estimate of drug-likeness (QED) is 0.287. The van der Waals surface area contributed by atoms with Crippen LogP contribution in [0.2, 0.25) is 15.1 Å². The molecule has 2 aromatic carbocycles. The van der Waals surface area contributed by atoms with Gasteiger partial charge in [-0.05, 0) is 29.8 Å². The van der Waals surface area contributed by atoms with Crippen LogP contribution < -0.4 is 5.56 Å². The smallest absolute Gasteiger partial charge is 0.263 e. The molecule has 8 heteroatoms. The third-order valence-electron chi connectivity index (χ3n) is 4.18. The molecular formula is C19H10BrCl3N2OS. The van der Waals surface area contributed by atoms with Crippen molar-refractivity contribution < 1.29 is 0 Å². The average molecular weight is 501 g/mol. The van der Waals surface area contributed by atoms with E-state index >= 15 is 0 Å². The van der Waals surface area contributed by atoms with Gasteiger partial charge in [-0.3, -0.25) is 9.36 Å². The van der Waals surface area contributed by atoms with Gasteiger partial charge in [0.2, 0.25) is 0 Å². The predicted octanol–water partition coefficient (Wildman–Crippen LogP) is 6.90. The standard InChI is InChI=1S/C19H10BrCl3N2OS/c20-11-3-1-10(2-4-11)13-8-27-18-16(13)19(26)25(9-24-18)7-12-14(21)5-6-15(22)17(12)23/h1-6,8-9H,7H2. The van der Waals surface area contributed by atoms with Crippen LogP contribution in [0.4, 0.5) is 0 Å². The van der Waals surface area contributed by atoms with Gasteiger partial charge in [0, 0.05) is 26.0 Å². The number of rotatable bonds is 3. The maximum Gasteiger partial charge on any atom is 0.263 e. The Morgan fingerprint density at radius 1 is 1.04 bits per heavy atom. The summed E-state index contributed by atoms with van der Waals surface area (Å²) in [6.07, 6.45) is 1.51. The molecule has 0 saturated carbocycles. The lowest BCUT2D eigenvalue weighted by Crippen LogP contribution is -2.21. The molecule has 3 nitrogen and oxygen atoms in total. The van der Waals surface area contributed by atoms with E-state index in [1.54, 1.807) is 12.1 Å². The summed E-state index contributed by atoms with van der Waals surface area (Å²) in [6, 6.07) is 11.1. The van der Waals surface area contributed by atoms with Crippen LogP contribution in [0.1, 0.15) is 5.56 Å². The highest BCUT2D eigenvalue weighted by molar-refractivity contribution is 9.10. The van der Waals surface area contributed by atoms with Crippen LogP contribution in [0.5, 0.6) is 0 Å². The molecule has 2 heterocycles. The fourth-order valence-corrected chi connectivity index (χ4v) is 4.64. The normalized spacial score (nSPS) is 11.3. The third-order valence-corrected chi connectivity index (χ3v) is 6.80. The molecule has 27 heavy (non-hydrogen) atoms. The summed E-state index contributed by atoms with van der Waals surface area (Å²) in [5.74, 6) is 0. The number of hydrogen-bond acceptors (Lipinski definition) is 3. The number of fused-ring (bicyclic) bond motifs is 1. The first-order chi connectivity index (χ1) is 13.0. The molecular weight excluding hydrogens is 491 g/mol. The van der Waals surface area contributed by atoms with Crippen molar-refractivity contribution in [3.05, 3.63) is 83.6 Å². The van der Waals surface area contributed by atoms with Crippen molar-refractivity contribution in [1.29, 1.82) is 0 Å². The molecule has 0 atom stereocenters. The van der Waals surface area contributed by atoms with Crippen LogP contribution >= 0.6 is 62.1 Å². The minimum Gasteiger partial charge on any atom is -0.294 e. The predicted molar refractivity (Wildman–Crippen MR) is 118 cm³/mol. The number of thiophene rings is 1. The summed E-state index contributed by atoms with van der Waals surface area (Å²) < 4.78 is 2.48. The number of nitrogens with zero attached hydrogens (tertiary/aromatic N) is 2. The van der Waals surface area contributed by atoms with E-state index in [-0.39, 0.29) is 12.1 Å². The zero-order valence-electron chi connectivity index (χ0n) is 13.5. The van der Waals surface area contributed by atoms with Gasteiger partial charge in [-0.15, -0.1) is 11.3 Å². The molecule has 0 N–H and O–H groups in total. The second-order valence-electron chi connectivity index (χ2n) is 5.84. The lowest BCUT2D eigenvalue weighted by atomic mass is 10.1. The first-order valence-corrected chi connectivity index (χ1v) is 10.6. The van der Waals surface area contributed by atoms with Crippen LogP contribution in [0, 0.1) is 0 Å². The SMILES string of the molecule is O=c1c2c(-c3ccc(Br)cc3)csc2ncn1Cc1c(Cl)ccc(Cl)c1Cl. The van der Waals surface area contributed by atoms with Crippen molar-refractivity contribution >= 4 is 72.3 Å². The van der Waals surface area contributed by atoms with Crippen LogP contribution in [0.3, 0.4) is 0 Å². The Kier molecular flexibility index (Phi) is 5.32. The summed E-state index contributed by atoms with van der Waals surface area (Å²) >= 11 is 23.5. The van der Waals surface area contributed by atoms with Crippen LogP contribution in [-0.2, 0) is 6.54 Å².